The lowest BCUT2D eigenvalue weighted by molar-refractivity contribution is -0.126. The molecule has 0 aromatic rings. The maximum Gasteiger partial charge on any atom is 0.223 e. The Labute approximate surface area is 109 Å². The molecule has 0 aromatic heterocycles. The fourth-order valence-electron chi connectivity index (χ4n) is 3.46. The molecule has 2 saturated carbocycles. The molecule has 3 rings (SSSR count). The number of carbonyl (C=O) groups excluding carboxylic acids is 1. The molecule has 1 aliphatic heterocycles. The highest BCUT2D eigenvalue weighted by molar-refractivity contribution is 5.79. The van der Waals surface area contributed by atoms with Gasteiger partial charge in [-0.05, 0) is 38.5 Å². The van der Waals surface area contributed by atoms with Gasteiger partial charge in [0.2, 0.25) is 5.91 Å². The Morgan fingerprint density at radius 1 is 1.17 bits per heavy atom. The van der Waals surface area contributed by atoms with E-state index in [2.05, 4.69) is 10.2 Å². The molecule has 3 N–H and O–H groups in total. The third kappa shape index (κ3) is 2.86. The number of nitrogens with one attached hydrogen (secondary N) is 1. The molecule has 1 heterocycles. The van der Waals surface area contributed by atoms with Gasteiger partial charge < -0.3 is 11.1 Å². The van der Waals surface area contributed by atoms with Crippen molar-refractivity contribution < 1.29 is 4.79 Å². The predicted octanol–water partition coefficient (Wildman–Crippen LogP) is 0.857. The van der Waals surface area contributed by atoms with Gasteiger partial charge in [0, 0.05) is 37.1 Å². The van der Waals surface area contributed by atoms with E-state index in [1.807, 2.05) is 0 Å². The van der Waals surface area contributed by atoms with E-state index in [0.29, 0.717) is 6.04 Å². The van der Waals surface area contributed by atoms with Gasteiger partial charge in [-0.3, -0.25) is 9.69 Å². The summed E-state index contributed by atoms with van der Waals surface area (Å²) in [6.45, 7) is 2.23. The van der Waals surface area contributed by atoms with Gasteiger partial charge >= 0.3 is 0 Å². The molecule has 3 unspecified atom stereocenters. The molecule has 1 amide bonds. The molecule has 4 nitrogen and oxygen atoms in total. The van der Waals surface area contributed by atoms with Crippen molar-refractivity contribution in [2.45, 2.75) is 63.1 Å². The summed E-state index contributed by atoms with van der Waals surface area (Å²) in [6.07, 6.45) is 7.95. The van der Waals surface area contributed by atoms with Crippen LogP contribution in [-0.4, -0.2) is 42.0 Å². The van der Waals surface area contributed by atoms with Gasteiger partial charge in [0.25, 0.3) is 0 Å². The van der Waals surface area contributed by atoms with Gasteiger partial charge in [-0.15, -0.1) is 0 Å². The molecule has 3 fully saturated rings. The molecule has 18 heavy (non-hydrogen) atoms. The fourth-order valence-corrected chi connectivity index (χ4v) is 3.46. The van der Waals surface area contributed by atoms with Crippen LogP contribution in [0.5, 0.6) is 0 Å². The zero-order valence-corrected chi connectivity index (χ0v) is 11.1. The van der Waals surface area contributed by atoms with E-state index in [-0.39, 0.29) is 17.9 Å². The number of hydrogen-bond acceptors (Lipinski definition) is 3. The number of nitrogens with zero attached hydrogens (tertiary/aromatic N) is 1. The van der Waals surface area contributed by atoms with Crippen LogP contribution < -0.4 is 11.1 Å². The van der Waals surface area contributed by atoms with Gasteiger partial charge in [-0.1, -0.05) is 6.42 Å². The van der Waals surface area contributed by atoms with Gasteiger partial charge in [0.1, 0.15) is 0 Å². The van der Waals surface area contributed by atoms with Crippen molar-refractivity contribution in [1.82, 2.24) is 10.2 Å². The van der Waals surface area contributed by atoms with Crippen LogP contribution in [0.2, 0.25) is 0 Å². The molecule has 1 saturated heterocycles. The van der Waals surface area contributed by atoms with Gasteiger partial charge in [-0.2, -0.15) is 0 Å². The second kappa shape index (κ2) is 5.17. The Balaban J connectivity index is 1.45. The smallest absolute Gasteiger partial charge is 0.223 e. The van der Waals surface area contributed by atoms with Crippen LogP contribution in [0, 0.1) is 5.92 Å². The van der Waals surface area contributed by atoms with E-state index in [0.717, 1.165) is 44.7 Å². The van der Waals surface area contributed by atoms with Gasteiger partial charge in [0.15, 0.2) is 0 Å². The lowest BCUT2D eigenvalue weighted by atomic mass is 9.85. The summed E-state index contributed by atoms with van der Waals surface area (Å²) in [6, 6.07) is 1.45. The first-order valence-corrected chi connectivity index (χ1v) is 7.52. The number of likely N-dealkylation sites (tertiary alicyclic amines) is 1. The van der Waals surface area contributed by atoms with Crippen LogP contribution in [0.15, 0.2) is 0 Å². The monoisotopic (exact) mass is 251 g/mol. The highest BCUT2D eigenvalue weighted by atomic mass is 16.2. The Morgan fingerprint density at radius 3 is 2.72 bits per heavy atom. The van der Waals surface area contributed by atoms with Crippen LogP contribution in [0.3, 0.4) is 0 Å². The highest BCUT2D eigenvalue weighted by Gasteiger charge is 2.35. The zero-order valence-electron chi connectivity index (χ0n) is 11.1. The molecule has 4 heteroatoms. The first kappa shape index (κ1) is 12.4. The van der Waals surface area contributed by atoms with E-state index < -0.39 is 0 Å². The van der Waals surface area contributed by atoms with Crippen molar-refractivity contribution in [3.8, 4) is 0 Å². The van der Waals surface area contributed by atoms with E-state index in [1.165, 1.54) is 19.4 Å². The number of nitrogens with two attached hydrogens (primary N) is 1. The van der Waals surface area contributed by atoms with Crippen LogP contribution in [0.4, 0.5) is 0 Å². The topological polar surface area (TPSA) is 58.4 Å². The summed E-state index contributed by atoms with van der Waals surface area (Å²) in [5.41, 5.74) is 5.95. The number of carbonyl (C=O) groups is 1. The van der Waals surface area contributed by atoms with E-state index in [9.17, 15) is 4.79 Å². The summed E-state index contributed by atoms with van der Waals surface area (Å²) >= 11 is 0. The first-order chi connectivity index (χ1) is 8.72. The third-order valence-corrected chi connectivity index (χ3v) is 4.71. The normalized spacial score (nSPS) is 37.7. The second-order valence-corrected chi connectivity index (χ2v) is 6.34. The van der Waals surface area contributed by atoms with Crippen molar-refractivity contribution in [3.63, 3.8) is 0 Å². The van der Waals surface area contributed by atoms with Crippen molar-refractivity contribution in [1.29, 1.82) is 0 Å². The Hall–Kier alpha value is -0.610. The Morgan fingerprint density at radius 2 is 2.00 bits per heavy atom. The number of rotatable bonds is 3. The maximum absolute atomic E-state index is 12.2. The standard InChI is InChI=1S/C14H25N3O/c15-11-3-1-2-10(8-11)14(18)16-12-6-7-17(9-12)13-4-5-13/h10-13H,1-9,15H2,(H,16,18). The summed E-state index contributed by atoms with van der Waals surface area (Å²) in [5.74, 6) is 0.427. The fraction of sp³-hybridized carbons (Fsp3) is 0.929. The molecule has 0 radical (unpaired) electrons. The molecular formula is C14H25N3O. The first-order valence-electron chi connectivity index (χ1n) is 7.52. The minimum Gasteiger partial charge on any atom is -0.352 e. The van der Waals surface area contributed by atoms with Crippen molar-refractivity contribution in [2.75, 3.05) is 13.1 Å². The molecule has 102 valence electrons. The van der Waals surface area contributed by atoms with Crippen LogP contribution >= 0.6 is 0 Å². The second-order valence-electron chi connectivity index (χ2n) is 6.34. The van der Waals surface area contributed by atoms with Gasteiger partial charge in [0.05, 0.1) is 0 Å². The van der Waals surface area contributed by atoms with E-state index in [4.69, 9.17) is 5.73 Å². The van der Waals surface area contributed by atoms with Crippen molar-refractivity contribution >= 4 is 5.91 Å². The molecular weight excluding hydrogens is 226 g/mol. The van der Waals surface area contributed by atoms with Crippen LogP contribution in [0.1, 0.15) is 44.9 Å². The molecule has 0 bridgehead atoms. The zero-order chi connectivity index (χ0) is 12.5. The summed E-state index contributed by atoms with van der Waals surface area (Å²) in [5, 5.41) is 3.25. The lowest BCUT2D eigenvalue weighted by Crippen LogP contribution is -2.43. The highest BCUT2D eigenvalue weighted by Crippen LogP contribution is 2.30. The summed E-state index contributed by atoms with van der Waals surface area (Å²) < 4.78 is 0. The average Bonchev–Trinajstić information content (AvgIpc) is 3.11. The number of amides is 1. The average molecular weight is 251 g/mol. The molecule has 0 spiro atoms. The summed E-state index contributed by atoms with van der Waals surface area (Å²) in [4.78, 5) is 14.7. The Bertz CT molecular complexity index is 316. The molecule has 3 aliphatic rings. The number of hydrogen-bond donors (Lipinski definition) is 2. The van der Waals surface area contributed by atoms with Gasteiger partial charge in [-0.25, -0.2) is 0 Å². The van der Waals surface area contributed by atoms with E-state index >= 15 is 0 Å². The van der Waals surface area contributed by atoms with Crippen LogP contribution in [-0.2, 0) is 4.79 Å². The van der Waals surface area contributed by atoms with Crippen molar-refractivity contribution in [3.05, 3.63) is 0 Å². The van der Waals surface area contributed by atoms with E-state index in [1.54, 1.807) is 0 Å². The molecule has 0 aromatic carbocycles. The van der Waals surface area contributed by atoms with Crippen LogP contribution in [0.25, 0.3) is 0 Å². The minimum atomic E-state index is 0.170. The SMILES string of the molecule is NC1CCCC(C(=O)NC2CCN(C3CC3)C2)C1. The lowest BCUT2D eigenvalue weighted by Gasteiger charge is -2.27. The molecule has 3 atom stereocenters. The van der Waals surface area contributed by atoms with Crippen molar-refractivity contribution in [2.24, 2.45) is 11.7 Å². The summed E-state index contributed by atoms with van der Waals surface area (Å²) in [7, 11) is 0. The quantitative estimate of drug-likeness (QED) is 0.782. The maximum atomic E-state index is 12.2. The Kier molecular flexibility index (Phi) is 3.57. The third-order valence-electron chi connectivity index (χ3n) is 4.71. The predicted molar refractivity (Wildman–Crippen MR) is 71.1 cm³/mol. The molecule has 2 aliphatic carbocycles. The minimum absolute atomic E-state index is 0.170. The largest absolute Gasteiger partial charge is 0.352 e.